The van der Waals surface area contributed by atoms with E-state index in [1.807, 2.05) is 0 Å². The molecule has 0 radical (unpaired) electrons. The molecule has 0 aliphatic rings. The van der Waals surface area contributed by atoms with Crippen LogP contribution in [0, 0.1) is 10.1 Å². The molecule has 2 rings (SSSR count). The smallest absolute Gasteiger partial charge is 0.270 e. The predicted molar refractivity (Wildman–Crippen MR) is 59.2 cm³/mol. The van der Waals surface area contributed by atoms with Crippen LogP contribution in [0.25, 0.3) is 11.3 Å². The molecule has 0 saturated carbocycles. The Balaban J connectivity index is 2.52. The first-order valence-electron chi connectivity index (χ1n) is 4.61. The number of nitro groups is 1. The van der Waals surface area contributed by atoms with Crippen molar-refractivity contribution in [3.63, 3.8) is 0 Å². The summed E-state index contributed by atoms with van der Waals surface area (Å²) in [7, 11) is 0. The summed E-state index contributed by atoms with van der Waals surface area (Å²) < 4.78 is 0. The highest BCUT2D eigenvalue weighted by molar-refractivity contribution is 5.62. The second kappa shape index (κ2) is 3.98. The van der Waals surface area contributed by atoms with Crippen molar-refractivity contribution in [3.05, 3.63) is 62.9 Å². The number of pyridine rings is 1. The van der Waals surface area contributed by atoms with E-state index < -0.39 is 4.92 Å². The number of H-pyrrole nitrogens is 1. The van der Waals surface area contributed by atoms with Crippen LogP contribution in [0.2, 0.25) is 0 Å². The minimum atomic E-state index is -0.468. The van der Waals surface area contributed by atoms with E-state index in [2.05, 4.69) is 4.98 Å². The average molecular weight is 216 g/mol. The molecule has 1 N–H and O–H groups in total. The van der Waals surface area contributed by atoms with E-state index in [4.69, 9.17) is 0 Å². The van der Waals surface area contributed by atoms with Gasteiger partial charge in [-0.3, -0.25) is 14.9 Å². The van der Waals surface area contributed by atoms with Gasteiger partial charge in [-0.15, -0.1) is 0 Å². The molecule has 0 unspecified atom stereocenters. The number of non-ortho nitro benzene ring substituents is 1. The molecule has 2 aromatic rings. The normalized spacial score (nSPS) is 10.0. The topological polar surface area (TPSA) is 76.0 Å². The first-order valence-corrected chi connectivity index (χ1v) is 4.61. The Morgan fingerprint density at radius 2 is 1.88 bits per heavy atom. The molecule has 16 heavy (non-hydrogen) atoms. The van der Waals surface area contributed by atoms with Gasteiger partial charge in [-0.1, -0.05) is 18.2 Å². The molecular weight excluding hydrogens is 208 g/mol. The third-order valence-electron chi connectivity index (χ3n) is 2.14. The second-order valence-electron chi connectivity index (χ2n) is 3.24. The van der Waals surface area contributed by atoms with Gasteiger partial charge in [-0.2, -0.15) is 0 Å². The summed E-state index contributed by atoms with van der Waals surface area (Å²) in [6, 6.07) is 10.8. The van der Waals surface area contributed by atoms with Gasteiger partial charge in [-0.05, 0) is 6.07 Å². The molecule has 1 heterocycles. The van der Waals surface area contributed by atoms with Crippen LogP contribution in [-0.4, -0.2) is 9.91 Å². The van der Waals surface area contributed by atoms with E-state index in [0.29, 0.717) is 11.3 Å². The highest BCUT2D eigenvalue weighted by atomic mass is 16.6. The Kier molecular flexibility index (Phi) is 2.51. The predicted octanol–water partition coefficient (Wildman–Crippen LogP) is 1.95. The van der Waals surface area contributed by atoms with E-state index in [1.54, 1.807) is 24.3 Å². The van der Waals surface area contributed by atoms with Crippen LogP contribution in [-0.2, 0) is 0 Å². The lowest BCUT2D eigenvalue weighted by molar-refractivity contribution is -0.384. The maximum absolute atomic E-state index is 11.1. The molecule has 1 aromatic heterocycles. The molecule has 0 aliphatic heterocycles. The van der Waals surface area contributed by atoms with Crippen LogP contribution >= 0.6 is 0 Å². The van der Waals surface area contributed by atoms with Crippen molar-refractivity contribution in [1.29, 1.82) is 0 Å². The summed E-state index contributed by atoms with van der Waals surface area (Å²) >= 11 is 0. The third-order valence-corrected chi connectivity index (χ3v) is 2.14. The standard InChI is InChI=1S/C11H8N2O3/c14-11-6-2-5-10(12-11)8-3-1-4-9(7-8)13(15)16/h1-7H,(H,12,14). The van der Waals surface area contributed by atoms with E-state index in [0.717, 1.165) is 0 Å². The van der Waals surface area contributed by atoms with Crippen LogP contribution in [0.15, 0.2) is 47.3 Å². The Morgan fingerprint density at radius 1 is 1.12 bits per heavy atom. The zero-order chi connectivity index (χ0) is 11.5. The van der Waals surface area contributed by atoms with E-state index in [1.165, 1.54) is 18.2 Å². The van der Waals surface area contributed by atoms with Gasteiger partial charge in [0.1, 0.15) is 0 Å². The van der Waals surface area contributed by atoms with Gasteiger partial charge in [-0.25, -0.2) is 0 Å². The molecule has 5 heteroatoms. The van der Waals surface area contributed by atoms with Crippen LogP contribution in [0.5, 0.6) is 0 Å². The number of benzene rings is 1. The molecule has 1 aromatic carbocycles. The largest absolute Gasteiger partial charge is 0.322 e. The van der Waals surface area contributed by atoms with Crippen molar-refractivity contribution in [2.45, 2.75) is 0 Å². The van der Waals surface area contributed by atoms with Gasteiger partial charge in [0.15, 0.2) is 0 Å². The van der Waals surface area contributed by atoms with Gasteiger partial charge < -0.3 is 4.98 Å². The third kappa shape index (κ3) is 1.98. The van der Waals surface area contributed by atoms with Gasteiger partial charge in [0.05, 0.1) is 4.92 Å². The molecule has 80 valence electrons. The fraction of sp³-hybridized carbons (Fsp3) is 0. The Hall–Kier alpha value is -2.43. The number of aromatic amines is 1. The summed E-state index contributed by atoms with van der Waals surface area (Å²) in [6.45, 7) is 0. The van der Waals surface area contributed by atoms with Crippen molar-refractivity contribution in [2.75, 3.05) is 0 Å². The van der Waals surface area contributed by atoms with Crippen LogP contribution in [0.4, 0.5) is 5.69 Å². The van der Waals surface area contributed by atoms with Crippen LogP contribution in [0.3, 0.4) is 0 Å². The van der Waals surface area contributed by atoms with Crippen LogP contribution < -0.4 is 5.56 Å². The number of rotatable bonds is 2. The summed E-state index contributed by atoms with van der Waals surface area (Å²) in [6.07, 6.45) is 0. The van der Waals surface area contributed by atoms with E-state index in [-0.39, 0.29) is 11.2 Å². The average Bonchev–Trinajstić information content (AvgIpc) is 2.29. The minimum absolute atomic E-state index is 0.00204. The fourth-order valence-corrected chi connectivity index (χ4v) is 1.40. The Labute approximate surface area is 90.5 Å². The zero-order valence-corrected chi connectivity index (χ0v) is 8.21. The number of nitrogens with one attached hydrogen (secondary N) is 1. The van der Waals surface area contributed by atoms with Crippen molar-refractivity contribution < 1.29 is 4.92 Å². The summed E-state index contributed by atoms with van der Waals surface area (Å²) in [5.74, 6) is 0. The monoisotopic (exact) mass is 216 g/mol. The molecular formula is C11H8N2O3. The maximum Gasteiger partial charge on any atom is 0.270 e. The second-order valence-corrected chi connectivity index (χ2v) is 3.24. The molecule has 0 fully saturated rings. The summed E-state index contributed by atoms with van der Waals surface area (Å²) in [5, 5.41) is 10.6. The highest BCUT2D eigenvalue weighted by Crippen LogP contribution is 2.20. The number of hydrogen-bond donors (Lipinski definition) is 1. The first-order chi connectivity index (χ1) is 7.66. The molecule has 5 nitrogen and oxygen atoms in total. The maximum atomic E-state index is 11.1. The Bertz CT molecular complexity index is 590. The number of nitro benzene ring substituents is 1. The zero-order valence-electron chi connectivity index (χ0n) is 8.21. The van der Waals surface area contributed by atoms with E-state index >= 15 is 0 Å². The number of nitrogens with zero attached hydrogens (tertiary/aromatic N) is 1. The highest BCUT2D eigenvalue weighted by Gasteiger charge is 2.06. The molecule has 0 bridgehead atoms. The van der Waals surface area contributed by atoms with Crippen molar-refractivity contribution in [3.8, 4) is 11.3 Å². The van der Waals surface area contributed by atoms with Gasteiger partial charge in [0.25, 0.3) is 5.69 Å². The lowest BCUT2D eigenvalue weighted by atomic mass is 10.1. The van der Waals surface area contributed by atoms with Gasteiger partial charge >= 0.3 is 0 Å². The number of aromatic nitrogens is 1. The summed E-state index contributed by atoms with van der Waals surface area (Å²) in [5.41, 5.74) is 0.953. The lowest BCUT2D eigenvalue weighted by Gasteiger charge is -2.00. The molecule has 0 atom stereocenters. The van der Waals surface area contributed by atoms with Gasteiger partial charge in [0, 0.05) is 29.5 Å². The van der Waals surface area contributed by atoms with E-state index in [9.17, 15) is 14.9 Å². The minimum Gasteiger partial charge on any atom is -0.322 e. The van der Waals surface area contributed by atoms with Crippen molar-refractivity contribution in [2.24, 2.45) is 0 Å². The lowest BCUT2D eigenvalue weighted by Crippen LogP contribution is -2.03. The molecule has 0 saturated heterocycles. The van der Waals surface area contributed by atoms with Gasteiger partial charge in [0.2, 0.25) is 5.56 Å². The molecule has 0 spiro atoms. The van der Waals surface area contributed by atoms with Crippen molar-refractivity contribution >= 4 is 5.69 Å². The quantitative estimate of drug-likeness (QED) is 0.615. The Morgan fingerprint density at radius 3 is 2.56 bits per heavy atom. The number of hydrogen-bond acceptors (Lipinski definition) is 3. The molecule has 0 amide bonds. The SMILES string of the molecule is O=c1cccc(-c2cccc([N+](=O)[O-])c2)[nH]1. The molecule has 0 aliphatic carbocycles. The van der Waals surface area contributed by atoms with Crippen LogP contribution in [0.1, 0.15) is 0 Å². The summed E-state index contributed by atoms with van der Waals surface area (Å²) in [4.78, 5) is 23.8. The fourth-order valence-electron chi connectivity index (χ4n) is 1.40. The van der Waals surface area contributed by atoms with Crippen molar-refractivity contribution in [1.82, 2.24) is 4.98 Å². The first kappa shape index (κ1) is 10.1.